The van der Waals surface area contributed by atoms with Crippen molar-refractivity contribution in [2.24, 2.45) is 0 Å². The van der Waals surface area contributed by atoms with Gasteiger partial charge in [0, 0.05) is 26.1 Å². The van der Waals surface area contributed by atoms with Crippen LogP contribution in [0.1, 0.15) is 22.8 Å². The molecule has 1 aliphatic rings. The third-order valence-corrected chi connectivity index (χ3v) is 4.82. The minimum atomic E-state index is -1.10. The SMILES string of the molecule is CN(C)C(=O)C[S+]([O-])C1CCc2ccccc21. The maximum atomic E-state index is 12.2. The molecule has 2 rings (SSSR count). The number of fused-ring (bicyclic) bond motifs is 1. The van der Waals surface area contributed by atoms with Crippen molar-refractivity contribution in [2.45, 2.75) is 18.1 Å². The molecule has 0 saturated heterocycles. The van der Waals surface area contributed by atoms with Crippen LogP contribution in [0.4, 0.5) is 0 Å². The molecule has 1 aromatic rings. The number of aryl methyl sites for hydroxylation is 1. The lowest BCUT2D eigenvalue weighted by atomic mass is 10.1. The Morgan fingerprint density at radius 3 is 2.88 bits per heavy atom. The molecule has 3 nitrogen and oxygen atoms in total. The Kier molecular flexibility index (Phi) is 3.74. The Hall–Kier alpha value is -1.00. The fraction of sp³-hybridized carbons (Fsp3) is 0.462. The van der Waals surface area contributed by atoms with E-state index in [0.29, 0.717) is 0 Å². The van der Waals surface area contributed by atoms with E-state index in [1.807, 2.05) is 18.2 Å². The molecule has 0 saturated carbocycles. The van der Waals surface area contributed by atoms with Crippen LogP contribution in [0.15, 0.2) is 24.3 Å². The fourth-order valence-corrected chi connectivity index (χ4v) is 3.74. The van der Waals surface area contributed by atoms with Gasteiger partial charge in [0.25, 0.3) is 5.91 Å². The highest BCUT2D eigenvalue weighted by Crippen LogP contribution is 2.37. The number of hydrogen-bond donors (Lipinski definition) is 0. The monoisotopic (exact) mass is 251 g/mol. The molecule has 0 fully saturated rings. The number of amides is 1. The Labute approximate surface area is 105 Å². The number of carbonyl (C=O) groups is 1. The highest BCUT2D eigenvalue weighted by Gasteiger charge is 2.33. The number of hydrogen-bond acceptors (Lipinski definition) is 2. The summed E-state index contributed by atoms with van der Waals surface area (Å²) in [5.41, 5.74) is 2.44. The van der Waals surface area contributed by atoms with Crippen LogP contribution in [0.2, 0.25) is 0 Å². The van der Waals surface area contributed by atoms with Gasteiger partial charge in [-0.3, -0.25) is 4.79 Å². The molecule has 0 N–H and O–H groups in total. The number of benzene rings is 1. The topological polar surface area (TPSA) is 43.4 Å². The molecule has 0 spiro atoms. The van der Waals surface area contributed by atoms with Crippen LogP contribution in [0.5, 0.6) is 0 Å². The average molecular weight is 251 g/mol. The first kappa shape index (κ1) is 12.5. The second kappa shape index (κ2) is 5.10. The molecule has 0 aromatic heterocycles. The van der Waals surface area contributed by atoms with Crippen molar-refractivity contribution >= 4 is 17.1 Å². The molecular weight excluding hydrogens is 234 g/mol. The van der Waals surface area contributed by atoms with E-state index >= 15 is 0 Å². The average Bonchev–Trinajstić information content (AvgIpc) is 2.72. The van der Waals surface area contributed by atoms with Gasteiger partial charge in [0.2, 0.25) is 0 Å². The van der Waals surface area contributed by atoms with Crippen LogP contribution in [0.25, 0.3) is 0 Å². The molecule has 1 aromatic carbocycles. The van der Waals surface area contributed by atoms with Crippen LogP contribution >= 0.6 is 0 Å². The summed E-state index contributed by atoms with van der Waals surface area (Å²) in [5, 5.41) is 0.0371. The maximum absolute atomic E-state index is 12.2. The van der Waals surface area contributed by atoms with Gasteiger partial charge in [-0.1, -0.05) is 24.3 Å². The lowest BCUT2D eigenvalue weighted by molar-refractivity contribution is -0.125. The molecule has 4 heteroatoms. The van der Waals surface area contributed by atoms with Crippen molar-refractivity contribution in [3.63, 3.8) is 0 Å². The van der Waals surface area contributed by atoms with E-state index in [1.165, 1.54) is 10.5 Å². The van der Waals surface area contributed by atoms with E-state index in [4.69, 9.17) is 0 Å². The molecule has 2 unspecified atom stereocenters. The molecule has 1 amide bonds. The summed E-state index contributed by atoms with van der Waals surface area (Å²) < 4.78 is 12.2. The van der Waals surface area contributed by atoms with Crippen molar-refractivity contribution < 1.29 is 9.35 Å². The Morgan fingerprint density at radius 1 is 1.47 bits per heavy atom. The minimum absolute atomic E-state index is 0.0371. The van der Waals surface area contributed by atoms with Crippen LogP contribution in [0, 0.1) is 0 Å². The van der Waals surface area contributed by atoms with Gasteiger partial charge in [-0.25, -0.2) is 0 Å². The normalized spacial score (nSPS) is 19.8. The number of nitrogens with zero attached hydrogens (tertiary/aromatic N) is 1. The molecule has 0 heterocycles. The predicted octanol–water partition coefficient (Wildman–Crippen LogP) is 1.51. The maximum Gasteiger partial charge on any atom is 0.271 e. The van der Waals surface area contributed by atoms with Crippen LogP contribution < -0.4 is 0 Å². The van der Waals surface area contributed by atoms with Crippen molar-refractivity contribution in [1.82, 2.24) is 4.90 Å². The van der Waals surface area contributed by atoms with Crippen LogP contribution in [-0.4, -0.2) is 35.2 Å². The van der Waals surface area contributed by atoms with Crippen molar-refractivity contribution in [1.29, 1.82) is 0 Å². The molecular formula is C13H17NO2S. The molecule has 92 valence electrons. The van der Waals surface area contributed by atoms with E-state index < -0.39 is 11.2 Å². The third kappa shape index (κ3) is 2.64. The van der Waals surface area contributed by atoms with Gasteiger partial charge < -0.3 is 9.45 Å². The van der Waals surface area contributed by atoms with Gasteiger partial charge in [-0.15, -0.1) is 0 Å². The van der Waals surface area contributed by atoms with Crippen molar-refractivity contribution in [3.8, 4) is 0 Å². The Bertz CT molecular complexity index is 420. The zero-order chi connectivity index (χ0) is 12.4. The first-order chi connectivity index (χ1) is 8.09. The minimum Gasteiger partial charge on any atom is -0.615 e. The summed E-state index contributed by atoms with van der Waals surface area (Å²) >= 11 is -1.10. The lowest BCUT2D eigenvalue weighted by Crippen LogP contribution is -2.31. The van der Waals surface area contributed by atoms with Crippen LogP contribution in [0.3, 0.4) is 0 Å². The van der Waals surface area contributed by atoms with Crippen molar-refractivity contribution in [2.75, 3.05) is 19.8 Å². The number of rotatable bonds is 3. The predicted molar refractivity (Wildman–Crippen MR) is 69.2 cm³/mol. The molecule has 17 heavy (non-hydrogen) atoms. The van der Waals surface area contributed by atoms with Gasteiger partial charge in [0.15, 0.2) is 5.75 Å². The Balaban J connectivity index is 2.07. The zero-order valence-electron chi connectivity index (χ0n) is 10.2. The summed E-state index contributed by atoms with van der Waals surface area (Å²) in [7, 11) is 3.39. The fourth-order valence-electron chi connectivity index (χ4n) is 2.14. The first-order valence-electron chi connectivity index (χ1n) is 5.74. The second-order valence-corrected chi connectivity index (χ2v) is 6.16. The molecule has 0 radical (unpaired) electrons. The summed E-state index contributed by atoms with van der Waals surface area (Å²) in [6, 6.07) is 8.10. The summed E-state index contributed by atoms with van der Waals surface area (Å²) in [6.45, 7) is 0. The molecule has 0 bridgehead atoms. The highest BCUT2D eigenvalue weighted by molar-refractivity contribution is 7.92. The van der Waals surface area contributed by atoms with Gasteiger partial charge in [0.1, 0.15) is 5.25 Å². The standard InChI is InChI=1S/C13H17NO2S/c1-14(2)13(15)9-17(16)12-8-7-10-5-3-4-6-11(10)12/h3-6,12H,7-9H2,1-2H3. The molecule has 1 aliphatic carbocycles. The number of carbonyl (C=O) groups excluding carboxylic acids is 1. The summed E-state index contributed by atoms with van der Waals surface area (Å²) in [5.74, 6) is 0.0687. The van der Waals surface area contributed by atoms with Crippen molar-refractivity contribution in [3.05, 3.63) is 35.4 Å². The van der Waals surface area contributed by atoms with Gasteiger partial charge in [-0.2, -0.15) is 0 Å². The largest absolute Gasteiger partial charge is 0.615 e. The summed E-state index contributed by atoms with van der Waals surface area (Å²) in [4.78, 5) is 13.1. The Morgan fingerprint density at radius 2 is 2.18 bits per heavy atom. The van der Waals surface area contributed by atoms with E-state index in [-0.39, 0.29) is 16.9 Å². The van der Waals surface area contributed by atoms with Gasteiger partial charge in [-0.05, 0) is 23.2 Å². The van der Waals surface area contributed by atoms with E-state index in [2.05, 4.69) is 6.07 Å². The lowest BCUT2D eigenvalue weighted by Gasteiger charge is -2.19. The molecule has 2 atom stereocenters. The smallest absolute Gasteiger partial charge is 0.271 e. The highest BCUT2D eigenvalue weighted by atomic mass is 32.2. The zero-order valence-corrected chi connectivity index (χ0v) is 11.0. The van der Waals surface area contributed by atoms with E-state index in [0.717, 1.165) is 18.4 Å². The van der Waals surface area contributed by atoms with E-state index in [9.17, 15) is 9.35 Å². The summed E-state index contributed by atoms with van der Waals surface area (Å²) in [6.07, 6.45) is 1.87. The third-order valence-electron chi connectivity index (χ3n) is 3.16. The van der Waals surface area contributed by atoms with Gasteiger partial charge >= 0.3 is 0 Å². The first-order valence-corrected chi connectivity index (χ1v) is 7.13. The van der Waals surface area contributed by atoms with E-state index in [1.54, 1.807) is 14.1 Å². The quantitative estimate of drug-likeness (QED) is 0.764. The second-order valence-electron chi connectivity index (χ2n) is 4.54. The molecule has 0 aliphatic heterocycles. The van der Waals surface area contributed by atoms with Gasteiger partial charge in [0.05, 0.1) is 0 Å². The van der Waals surface area contributed by atoms with Crippen LogP contribution in [-0.2, 0) is 22.4 Å².